The number of fused-ring (bicyclic) bond motifs is 1. The number of carbonyl (C=O) groups is 1. The third-order valence-corrected chi connectivity index (χ3v) is 8.43. The normalized spacial score (nSPS) is 15.8. The fourth-order valence-electron chi connectivity index (χ4n) is 4.91. The van der Waals surface area contributed by atoms with Crippen LogP contribution in [0.1, 0.15) is 61.5 Å². The average molecular weight is 566 g/mol. The Bertz CT molecular complexity index is 1680. The summed E-state index contributed by atoms with van der Waals surface area (Å²) >= 11 is 0. The van der Waals surface area contributed by atoms with Gasteiger partial charge in [-0.1, -0.05) is 12.1 Å². The minimum atomic E-state index is -3.77. The Labute approximate surface area is 231 Å². The number of amides is 1. The summed E-state index contributed by atoms with van der Waals surface area (Å²) < 4.78 is 26.9. The van der Waals surface area contributed by atoms with Crippen molar-refractivity contribution in [2.24, 2.45) is 0 Å². The molecule has 1 fully saturated rings. The van der Waals surface area contributed by atoms with Gasteiger partial charge in [-0.25, -0.2) is 18.4 Å². The second-order valence-electron chi connectivity index (χ2n) is 10.1. The Hall–Kier alpha value is -4.17. The lowest BCUT2D eigenvalue weighted by Gasteiger charge is -2.35. The number of hydrogen-bond acceptors (Lipinski definition) is 10. The Kier molecular flexibility index (Phi) is 7.14. The standard InChI is InChI=1S/C26H31N9O4S/c1-4-12-34(25(36)23-29-15-30-33-23)16(2)6-8-19-21(40(3,38)39)22(27)35-24(32-19)18(14-31-35)17-7-9-20(28-13-17)26(37)10-5-11-26/h4,7,9,12-16,37H,5-6,8,10-11,27H2,1-3H3,(H,29,30,33)/b12-4-/t16-/m1/s1. The molecule has 1 saturated carbocycles. The lowest BCUT2D eigenvalue weighted by Crippen LogP contribution is -2.35. The first kappa shape index (κ1) is 27.4. The van der Waals surface area contributed by atoms with E-state index in [1.54, 1.807) is 37.7 Å². The minimum absolute atomic E-state index is 0.0437. The maximum atomic E-state index is 13.0. The van der Waals surface area contributed by atoms with E-state index < -0.39 is 15.4 Å². The van der Waals surface area contributed by atoms with E-state index in [1.807, 2.05) is 13.0 Å². The highest BCUT2D eigenvalue weighted by molar-refractivity contribution is 7.91. The van der Waals surface area contributed by atoms with Crippen LogP contribution in [0, 0.1) is 0 Å². The molecule has 1 atom stereocenters. The molecule has 4 N–H and O–H groups in total. The molecule has 1 aliphatic rings. The van der Waals surface area contributed by atoms with Crippen LogP contribution in [-0.2, 0) is 21.9 Å². The van der Waals surface area contributed by atoms with Gasteiger partial charge >= 0.3 is 0 Å². The zero-order valence-corrected chi connectivity index (χ0v) is 23.3. The SMILES string of the molecule is C/C=C\N(C(=O)c1ncn[nH]1)[C@H](C)CCc1nc2c(-c3ccc(C4(O)CCC4)nc3)cnn2c(N)c1S(C)(=O)=O. The van der Waals surface area contributed by atoms with Crippen LogP contribution in [-0.4, -0.2) is 71.4 Å². The summed E-state index contributed by atoms with van der Waals surface area (Å²) in [5.41, 5.74) is 8.09. The van der Waals surface area contributed by atoms with Crippen molar-refractivity contribution in [3.05, 3.63) is 60.3 Å². The number of nitrogens with one attached hydrogen (secondary N) is 1. The van der Waals surface area contributed by atoms with Crippen molar-refractivity contribution in [3.8, 4) is 11.1 Å². The van der Waals surface area contributed by atoms with Crippen LogP contribution < -0.4 is 5.73 Å². The molecule has 0 radical (unpaired) electrons. The number of aromatic nitrogens is 7. The predicted molar refractivity (Wildman–Crippen MR) is 147 cm³/mol. The molecule has 4 aromatic heterocycles. The van der Waals surface area contributed by atoms with Crippen molar-refractivity contribution in [2.45, 2.75) is 62.5 Å². The molecule has 13 nitrogen and oxygen atoms in total. The van der Waals surface area contributed by atoms with E-state index in [4.69, 9.17) is 10.7 Å². The molecule has 1 aliphatic carbocycles. The number of allylic oxidation sites excluding steroid dienone is 1. The van der Waals surface area contributed by atoms with Gasteiger partial charge in [-0.2, -0.15) is 14.7 Å². The number of aliphatic hydroxyl groups is 1. The molecule has 1 amide bonds. The van der Waals surface area contributed by atoms with E-state index in [9.17, 15) is 18.3 Å². The number of carbonyl (C=O) groups excluding carboxylic acids is 1. The Balaban J connectivity index is 1.49. The van der Waals surface area contributed by atoms with E-state index in [1.165, 1.54) is 15.7 Å². The lowest BCUT2D eigenvalue weighted by atomic mass is 9.77. The Morgan fingerprint density at radius 2 is 2.08 bits per heavy atom. The molecule has 0 aromatic carbocycles. The van der Waals surface area contributed by atoms with Crippen LogP contribution >= 0.6 is 0 Å². The number of nitrogens with zero attached hydrogens (tertiary/aromatic N) is 7. The van der Waals surface area contributed by atoms with Gasteiger partial charge in [0, 0.05) is 35.8 Å². The van der Waals surface area contributed by atoms with Gasteiger partial charge in [0.15, 0.2) is 15.5 Å². The number of anilines is 1. The van der Waals surface area contributed by atoms with Crippen LogP contribution in [0.4, 0.5) is 5.82 Å². The predicted octanol–water partition coefficient (Wildman–Crippen LogP) is 2.26. The number of hydrogen-bond donors (Lipinski definition) is 3. The van der Waals surface area contributed by atoms with Gasteiger partial charge in [-0.15, -0.1) is 0 Å². The molecule has 14 heteroatoms. The number of sulfone groups is 1. The van der Waals surface area contributed by atoms with Crippen molar-refractivity contribution >= 4 is 27.2 Å². The van der Waals surface area contributed by atoms with Crippen LogP contribution in [0.2, 0.25) is 0 Å². The lowest BCUT2D eigenvalue weighted by molar-refractivity contribution is -0.0426. The maximum Gasteiger partial charge on any atom is 0.295 e. The van der Waals surface area contributed by atoms with Gasteiger partial charge in [-0.3, -0.25) is 14.9 Å². The number of aryl methyl sites for hydroxylation is 1. The first-order chi connectivity index (χ1) is 19.0. The summed E-state index contributed by atoms with van der Waals surface area (Å²) in [5, 5.41) is 21.3. The Morgan fingerprint density at radius 1 is 1.30 bits per heavy atom. The highest BCUT2D eigenvalue weighted by atomic mass is 32.2. The quantitative estimate of drug-likeness (QED) is 0.272. The fraction of sp³-hybridized carbons (Fsp3) is 0.385. The van der Waals surface area contributed by atoms with Crippen LogP contribution in [0.5, 0.6) is 0 Å². The fourth-order valence-corrected chi connectivity index (χ4v) is 5.95. The molecule has 0 spiro atoms. The molecular formula is C26H31N9O4S. The molecule has 40 heavy (non-hydrogen) atoms. The van der Waals surface area contributed by atoms with Crippen molar-refractivity contribution in [1.82, 2.24) is 39.7 Å². The van der Waals surface area contributed by atoms with Gasteiger partial charge in [0.1, 0.15) is 22.6 Å². The van der Waals surface area contributed by atoms with Crippen molar-refractivity contribution in [1.29, 1.82) is 0 Å². The molecule has 4 aromatic rings. The summed E-state index contributed by atoms with van der Waals surface area (Å²) in [6, 6.07) is 3.29. The number of aromatic amines is 1. The molecule has 5 rings (SSSR count). The largest absolute Gasteiger partial charge is 0.384 e. The summed E-state index contributed by atoms with van der Waals surface area (Å²) in [5.74, 6) is -0.314. The number of nitrogen functional groups attached to an aromatic ring is 1. The third kappa shape index (κ3) is 4.95. The number of H-pyrrole nitrogens is 1. The van der Waals surface area contributed by atoms with Gasteiger partial charge < -0.3 is 15.7 Å². The molecular weight excluding hydrogens is 534 g/mol. The maximum absolute atomic E-state index is 13.0. The average Bonchev–Trinajstić information content (AvgIpc) is 3.59. The summed E-state index contributed by atoms with van der Waals surface area (Å²) in [7, 11) is -3.77. The van der Waals surface area contributed by atoms with Gasteiger partial charge in [0.05, 0.1) is 17.6 Å². The topological polar surface area (TPSA) is 185 Å². The monoisotopic (exact) mass is 565 g/mol. The van der Waals surface area contributed by atoms with E-state index >= 15 is 0 Å². The number of nitrogens with two attached hydrogens (primary N) is 1. The number of rotatable bonds is 9. The van der Waals surface area contributed by atoms with Gasteiger partial charge in [0.2, 0.25) is 5.82 Å². The molecule has 0 unspecified atom stereocenters. The highest BCUT2D eigenvalue weighted by Gasteiger charge is 2.37. The molecule has 0 saturated heterocycles. The summed E-state index contributed by atoms with van der Waals surface area (Å²) in [4.78, 5) is 27.5. The molecule has 4 heterocycles. The summed E-state index contributed by atoms with van der Waals surface area (Å²) in [6.45, 7) is 3.64. The van der Waals surface area contributed by atoms with Gasteiger partial charge in [0.25, 0.3) is 5.91 Å². The van der Waals surface area contributed by atoms with Crippen LogP contribution in [0.25, 0.3) is 16.8 Å². The van der Waals surface area contributed by atoms with Crippen molar-refractivity contribution in [3.63, 3.8) is 0 Å². The molecule has 0 bridgehead atoms. The Morgan fingerprint density at radius 3 is 2.65 bits per heavy atom. The second kappa shape index (κ2) is 10.4. The van der Waals surface area contributed by atoms with E-state index in [0.29, 0.717) is 41.7 Å². The molecule has 210 valence electrons. The van der Waals surface area contributed by atoms with E-state index in [-0.39, 0.29) is 40.6 Å². The van der Waals surface area contributed by atoms with Gasteiger partial charge in [-0.05, 0) is 52.0 Å². The van der Waals surface area contributed by atoms with E-state index in [0.717, 1.165) is 12.7 Å². The smallest absolute Gasteiger partial charge is 0.295 e. The van der Waals surface area contributed by atoms with Crippen molar-refractivity contribution < 1.29 is 18.3 Å². The van der Waals surface area contributed by atoms with Crippen molar-refractivity contribution in [2.75, 3.05) is 12.0 Å². The first-order valence-electron chi connectivity index (χ1n) is 12.9. The third-order valence-electron chi connectivity index (χ3n) is 7.25. The summed E-state index contributed by atoms with van der Waals surface area (Å²) in [6.07, 6.45) is 11.9. The van der Waals surface area contributed by atoms with Crippen LogP contribution in [0.15, 0.2) is 48.0 Å². The van der Waals surface area contributed by atoms with E-state index in [2.05, 4.69) is 25.3 Å². The van der Waals surface area contributed by atoms with Crippen LogP contribution in [0.3, 0.4) is 0 Å². The zero-order chi connectivity index (χ0) is 28.7. The second-order valence-corrected chi connectivity index (χ2v) is 12.0. The number of pyridine rings is 1. The first-order valence-corrected chi connectivity index (χ1v) is 14.8. The minimum Gasteiger partial charge on any atom is -0.384 e. The zero-order valence-electron chi connectivity index (χ0n) is 22.4. The molecule has 0 aliphatic heterocycles. The highest BCUT2D eigenvalue weighted by Crippen LogP contribution is 2.40.